The van der Waals surface area contributed by atoms with Gasteiger partial charge in [0, 0.05) is 18.2 Å². The zero-order valence-corrected chi connectivity index (χ0v) is 10.9. The standard InChI is InChI=1S/C15H16N2O2/c1-11-10-13(16-19-11)14-8-5-9-17(14)15(18)12-6-3-2-4-7-12/h2-4,6-7,10,14H,5,8-9H2,1H3/t14-/m0/s1. The summed E-state index contributed by atoms with van der Waals surface area (Å²) in [5.41, 5.74) is 1.59. The van der Waals surface area contributed by atoms with Crippen molar-refractivity contribution in [3.8, 4) is 0 Å². The summed E-state index contributed by atoms with van der Waals surface area (Å²) in [7, 11) is 0. The first-order valence-electron chi connectivity index (χ1n) is 6.55. The van der Waals surface area contributed by atoms with Crippen molar-refractivity contribution in [2.75, 3.05) is 6.54 Å². The summed E-state index contributed by atoms with van der Waals surface area (Å²) in [6.45, 7) is 2.65. The molecule has 1 fully saturated rings. The van der Waals surface area contributed by atoms with Crippen LogP contribution in [0.15, 0.2) is 40.9 Å². The van der Waals surface area contributed by atoms with E-state index < -0.39 is 0 Å². The molecule has 0 spiro atoms. The summed E-state index contributed by atoms with van der Waals surface area (Å²) in [6.07, 6.45) is 1.96. The minimum Gasteiger partial charge on any atom is -0.361 e. The van der Waals surface area contributed by atoms with Gasteiger partial charge in [0.15, 0.2) is 0 Å². The van der Waals surface area contributed by atoms with E-state index in [2.05, 4.69) is 5.16 Å². The van der Waals surface area contributed by atoms with Gasteiger partial charge in [0.2, 0.25) is 0 Å². The van der Waals surface area contributed by atoms with Crippen LogP contribution in [0, 0.1) is 6.92 Å². The second-order valence-corrected chi connectivity index (χ2v) is 4.89. The van der Waals surface area contributed by atoms with Gasteiger partial charge in [-0.15, -0.1) is 0 Å². The normalized spacial score (nSPS) is 18.8. The molecular weight excluding hydrogens is 240 g/mol. The predicted octanol–water partition coefficient (Wildman–Crippen LogP) is 2.96. The van der Waals surface area contributed by atoms with Crippen LogP contribution >= 0.6 is 0 Å². The van der Waals surface area contributed by atoms with Gasteiger partial charge in [0.25, 0.3) is 5.91 Å². The van der Waals surface area contributed by atoms with Gasteiger partial charge in [0.05, 0.1) is 6.04 Å². The third-order valence-electron chi connectivity index (χ3n) is 3.52. The van der Waals surface area contributed by atoms with E-state index >= 15 is 0 Å². The second-order valence-electron chi connectivity index (χ2n) is 4.89. The number of carbonyl (C=O) groups is 1. The number of rotatable bonds is 2. The Labute approximate surface area is 112 Å². The summed E-state index contributed by atoms with van der Waals surface area (Å²) >= 11 is 0. The van der Waals surface area contributed by atoms with Crippen LogP contribution in [-0.4, -0.2) is 22.5 Å². The van der Waals surface area contributed by atoms with Gasteiger partial charge in [-0.05, 0) is 31.9 Å². The molecule has 3 rings (SSSR count). The summed E-state index contributed by atoms with van der Waals surface area (Å²) in [4.78, 5) is 14.4. The van der Waals surface area contributed by atoms with Crippen LogP contribution in [0.2, 0.25) is 0 Å². The number of benzene rings is 1. The molecule has 1 amide bonds. The second kappa shape index (κ2) is 4.88. The van der Waals surface area contributed by atoms with Crippen molar-refractivity contribution in [3.63, 3.8) is 0 Å². The highest BCUT2D eigenvalue weighted by Crippen LogP contribution is 2.32. The molecule has 2 aromatic rings. The maximum atomic E-state index is 12.5. The molecule has 0 saturated carbocycles. The molecule has 1 aliphatic rings. The molecule has 0 aliphatic carbocycles. The van der Waals surface area contributed by atoms with E-state index in [1.807, 2.05) is 48.2 Å². The first-order chi connectivity index (χ1) is 9.25. The quantitative estimate of drug-likeness (QED) is 0.829. The monoisotopic (exact) mass is 256 g/mol. The van der Waals surface area contributed by atoms with Crippen molar-refractivity contribution in [3.05, 3.63) is 53.4 Å². The number of amides is 1. The number of aryl methyl sites for hydroxylation is 1. The molecule has 2 heterocycles. The summed E-state index contributed by atoms with van der Waals surface area (Å²) in [5, 5.41) is 4.06. The average molecular weight is 256 g/mol. The molecule has 1 atom stereocenters. The van der Waals surface area contributed by atoms with Crippen LogP contribution in [0.4, 0.5) is 0 Å². The van der Waals surface area contributed by atoms with Crippen molar-refractivity contribution in [2.24, 2.45) is 0 Å². The lowest BCUT2D eigenvalue weighted by molar-refractivity contribution is 0.0731. The van der Waals surface area contributed by atoms with Gasteiger partial charge in [-0.1, -0.05) is 23.4 Å². The Kier molecular flexibility index (Phi) is 3.07. The van der Waals surface area contributed by atoms with Crippen molar-refractivity contribution >= 4 is 5.91 Å². The molecule has 1 aliphatic heterocycles. The van der Waals surface area contributed by atoms with Crippen LogP contribution < -0.4 is 0 Å². The highest BCUT2D eigenvalue weighted by molar-refractivity contribution is 5.94. The number of hydrogen-bond donors (Lipinski definition) is 0. The third kappa shape index (κ3) is 2.26. The molecule has 98 valence electrons. The zero-order chi connectivity index (χ0) is 13.2. The molecule has 1 saturated heterocycles. The highest BCUT2D eigenvalue weighted by atomic mass is 16.5. The first kappa shape index (κ1) is 12.0. The summed E-state index contributed by atoms with van der Waals surface area (Å²) in [5.74, 6) is 0.859. The van der Waals surface area contributed by atoms with E-state index in [1.165, 1.54) is 0 Å². The molecule has 0 radical (unpaired) electrons. The average Bonchev–Trinajstić information content (AvgIpc) is 3.07. The zero-order valence-electron chi connectivity index (χ0n) is 10.9. The molecule has 0 bridgehead atoms. The maximum Gasteiger partial charge on any atom is 0.254 e. The Morgan fingerprint density at radius 1 is 1.37 bits per heavy atom. The minimum atomic E-state index is 0.0464. The van der Waals surface area contributed by atoms with E-state index in [-0.39, 0.29) is 11.9 Å². The lowest BCUT2D eigenvalue weighted by Crippen LogP contribution is -2.30. The first-order valence-corrected chi connectivity index (χ1v) is 6.55. The van der Waals surface area contributed by atoms with Crippen LogP contribution in [0.5, 0.6) is 0 Å². The van der Waals surface area contributed by atoms with Crippen LogP contribution in [0.25, 0.3) is 0 Å². The van der Waals surface area contributed by atoms with Gasteiger partial charge in [0.1, 0.15) is 11.5 Å². The largest absolute Gasteiger partial charge is 0.361 e. The van der Waals surface area contributed by atoms with Crippen molar-refractivity contribution in [2.45, 2.75) is 25.8 Å². The maximum absolute atomic E-state index is 12.5. The van der Waals surface area contributed by atoms with E-state index in [0.717, 1.165) is 36.4 Å². The Hall–Kier alpha value is -2.10. The van der Waals surface area contributed by atoms with Gasteiger partial charge in [-0.25, -0.2) is 0 Å². The molecule has 19 heavy (non-hydrogen) atoms. The molecule has 1 aromatic heterocycles. The van der Waals surface area contributed by atoms with Crippen LogP contribution in [0.3, 0.4) is 0 Å². The molecule has 1 aromatic carbocycles. The molecule has 4 heteroatoms. The van der Waals surface area contributed by atoms with Crippen molar-refractivity contribution in [1.82, 2.24) is 10.1 Å². The molecule has 0 N–H and O–H groups in total. The van der Waals surface area contributed by atoms with E-state index in [0.29, 0.717) is 0 Å². The fraction of sp³-hybridized carbons (Fsp3) is 0.333. The van der Waals surface area contributed by atoms with Gasteiger partial charge >= 0.3 is 0 Å². The minimum absolute atomic E-state index is 0.0464. The van der Waals surface area contributed by atoms with Gasteiger partial charge < -0.3 is 9.42 Å². The molecular formula is C15H16N2O2. The van der Waals surface area contributed by atoms with Crippen molar-refractivity contribution < 1.29 is 9.32 Å². The lowest BCUT2D eigenvalue weighted by atomic mass is 10.1. The van der Waals surface area contributed by atoms with Crippen LogP contribution in [0.1, 0.15) is 40.7 Å². The Morgan fingerprint density at radius 3 is 2.84 bits per heavy atom. The number of aromatic nitrogens is 1. The topological polar surface area (TPSA) is 46.3 Å². The number of carbonyl (C=O) groups excluding carboxylic acids is 1. The number of nitrogens with zero attached hydrogens (tertiary/aromatic N) is 2. The van der Waals surface area contributed by atoms with Crippen LogP contribution in [-0.2, 0) is 0 Å². The fourth-order valence-corrected chi connectivity index (χ4v) is 2.61. The number of likely N-dealkylation sites (tertiary alicyclic amines) is 1. The van der Waals surface area contributed by atoms with E-state index in [4.69, 9.17) is 4.52 Å². The highest BCUT2D eigenvalue weighted by Gasteiger charge is 2.32. The predicted molar refractivity (Wildman–Crippen MR) is 70.7 cm³/mol. The lowest BCUT2D eigenvalue weighted by Gasteiger charge is -2.23. The van der Waals surface area contributed by atoms with Gasteiger partial charge in [-0.2, -0.15) is 0 Å². The molecule has 4 nitrogen and oxygen atoms in total. The Morgan fingerprint density at radius 2 is 2.16 bits per heavy atom. The third-order valence-corrected chi connectivity index (χ3v) is 3.52. The van der Waals surface area contributed by atoms with E-state index in [1.54, 1.807) is 0 Å². The summed E-state index contributed by atoms with van der Waals surface area (Å²) in [6, 6.07) is 11.4. The Balaban J connectivity index is 1.86. The van der Waals surface area contributed by atoms with Gasteiger partial charge in [-0.3, -0.25) is 4.79 Å². The number of hydrogen-bond acceptors (Lipinski definition) is 3. The fourth-order valence-electron chi connectivity index (χ4n) is 2.61. The Bertz CT molecular complexity index is 577. The summed E-state index contributed by atoms with van der Waals surface area (Å²) < 4.78 is 5.12. The van der Waals surface area contributed by atoms with E-state index in [9.17, 15) is 4.79 Å². The SMILES string of the molecule is Cc1cc([C@@H]2CCCN2C(=O)c2ccccc2)no1. The van der Waals surface area contributed by atoms with Crippen molar-refractivity contribution in [1.29, 1.82) is 0 Å². The molecule has 0 unspecified atom stereocenters. The smallest absolute Gasteiger partial charge is 0.254 e.